The zero-order chi connectivity index (χ0) is 16.1. The van der Waals surface area contributed by atoms with Crippen molar-refractivity contribution in [3.05, 3.63) is 51.2 Å². The number of halogens is 1. The van der Waals surface area contributed by atoms with Crippen molar-refractivity contribution in [1.29, 1.82) is 5.26 Å². The number of nitrogens with one attached hydrogen (secondary N) is 1. The van der Waals surface area contributed by atoms with E-state index in [-0.39, 0.29) is 5.02 Å². The molecule has 0 unspecified atom stereocenters. The summed E-state index contributed by atoms with van der Waals surface area (Å²) in [6, 6.07) is 8.07. The number of esters is 1. The Balaban J connectivity index is 1.98. The molecule has 0 radical (unpaired) electrons. The molecular formula is C15H11ClN2O3S. The van der Waals surface area contributed by atoms with Crippen LogP contribution < -0.4 is 5.32 Å². The molecule has 2 aromatic rings. The lowest BCUT2D eigenvalue weighted by atomic mass is 10.2. The van der Waals surface area contributed by atoms with Gasteiger partial charge in [0, 0.05) is 11.1 Å². The highest BCUT2D eigenvalue weighted by atomic mass is 35.5. The predicted octanol–water partition coefficient (Wildman–Crippen LogP) is 3.46. The first-order chi connectivity index (χ1) is 10.5. The molecule has 22 heavy (non-hydrogen) atoms. The maximum Gasteiger partial charge on any atom is 0.339 e. The van der Waals surface area contributed by atoms with Crippen LogP contribution in [0.2, 0.25) is 5.02 Å². The molecule has 0 saturated heterocycles. The van der Waals surface area contributed by atoms with Crippen LogP contribution in [0.15, 0.2) is 35.0 Å². The van der Waals surface area contributed by atoms with E-state index in [1.807, 2.05) is 6.07 Å². The van der Waals surface area contributed by atoms with E-state index in [9.17, 15) is 9.59 Å². The van der Waals surface area contributed by atoms with E-state index >= 15 is 0 Å². The second kappa shape index (κ2) is 7.07. The van der Waals surface area contributed by atoms with Crippen LogP contribution in [0, 0.1) is 11.3 Å². The highest BCUT2D eigenvalue weighted by Gasteiger charge is 2.19. The number of benzene rings is 1. The molecule has 0 aliphatic carbocycles. The Morgan fingerprint density at radius 3 is 2.77 bits per heavy atom. The third kappa shape index (κ3) is 3.85. The fourth-order valence-corrected chi connectivity index (χ4v) is 2.44. The number of ether oxygens (including phenoxy) is 1. The maximum absolute atomic E-state index is 12.0. The van der Waals surface area contributed by atoms with Gasteiger partial charge < -0.3 is 10.1 Å². The molecule has 1 atom stereocenters. The molecular weight excluding hydrogens is 324 g/mol. The Morgan fingerprint density at radius 2 is 2.18 bits per heavy atom. The van der Waals surface area contributed by atoms with Gasteiger partial charge in [-0.05, 0) is 36.6 Å². The lowest BCUT2D eigenvalue weighted by molar-refractivity contribution is -0.123. The zero-order valence-electron chi connectivity index (χ0n) is 11.5. The molecule has 0 spiro atoms. The zero-order valence-corrected chi connectivity index (χ0v) is 13.1. The average molecular weight is 335 g/mol. The van der Waals surface area contributed by atoms with Gasteiger partial charge in [0.1, 0.15) is 6.07 Å². The standard InChI is InChI=1S/C15H11ClN2O3S/c1-9(21-15(20)11-4-5-22-8-11)14(19)18-12-3-2-10(7-17)13(16)6-12/h2-6,8-9H,1H3,(H,18,19)/t9-/m0/s1. The Kier molecular flexibility index (Phi) is 5.15. The van der Waals surface area contributed by atoms with Gasteiger partial charge in [0.15, 0.2) is 6.10 Å². The molecule has 0 saturated carbocycles. The largest absolute Gasteiger partial charge is 0.449 e. The van der Waals surface area contributed by atoms with E-state index in [0.29, 0.717) is 16.8 Å². The fourth-order valence-electron chi connectivity index (χ4n) is 1.59. The number of anilines is 1. The molecule has 1 aromatic carbocycles. The summed E-state index contributed by atoms with van der Waals surface area (Å²) in [5.74, 6) is -1.04. The van der Waals surface area contributed by atoms with E-state index < -0.39 is 18.0 Å². The van der Waals surface area contributed by atoms with E-state index in [1.165, 1.54) is 30.4 Å². The highest BCUT2D eigenvalue weighted by Crippen LogP contribution is 2.20. The van der Waals surface area contributed by atoms with Crippen molar-refractivity contribution in [3.8, 4) is 6.07 Å². The second-order valence-corrected chi connectivity index (χ2v) is 5.54. The molecule has 0 aliphatic rings. The summed E-state index contributed by atoms with van der Waals surface area (Å²) in [4.78, 5) is 23.7. The minimum atomic E-state index is -0.957. The Hall–Kier alpha value is -2.36. The summed E-state index contributed by atoms with van der Waals surface area (Å²) in [6.07, 6.45) is -0.957. The Morgan fingerprint density at radius 1 is 1.41 bits per heavy atom. The van der Waals surface area contributed by atoms with Crippen molar-refractivity contribution in [3.63, 3.8) is 0 Å². The van der Waals surface area contributed by atoms with Gasteiger partial charge in [0.2, 0.25) is 0 Å². The van der Waals surface area contributed by atoms with Crippen LogP contribution in [0.4, 0.5) is 5.69 Å². The van der Waals surface area contributed by atoms with Crippen molar-refractivity contribution < 1.29 is 14.3 Å². The van der Waals surface area contributed by atoms with Gasteiger partial charge in [-0.2, -0.15) is 16.6 Å². The van der Waals surface area contributed by atoms with Gasteiger partial charge in [0.25, 0.3) is 5.91 Å². The summed E-state index contributed by atoms with van der Waals surface area (Å²) >= 11 is 7.26. The van der Waals surface area contributed by atoms with Crippen LogP contribution in [0.5, 0.6) is 0 Å². The molecule has 0 fully saturated rings. The van der Waals surface area contributed by atoms with E-state index in [0.717, 1.165) is 0 Å². The van der Waals surface area contributed by atoms with E-state index in [4.69, 9.17) is 21.6 Å². The van der Waals surface area contributed by atoms with Crippen LogP contribution in [0.25, 0.3) is 0 Å². The number of nitriles is 1. The number of hydrogen-bond acceptors (Lipinski definition) is 5. The molecule has 0 aliphatic heterocycles. The van der Waals surface area contributed by atoms with Crippen LogP contribution in [0.1, 0.15) is 22.8 Å². The third-order valence-electron chi connectivity index (χ3n) is 2.77. The molecule has 1 amide bonds. The summed E-state index contributed by atoms with van der Waals surface area (Å²) in [7, 11) is 0. The van der Waals surface area contributed by atoms with E-state index in [2.05, 4.69) is 5.32 Å². The summed E-state index contributed by atoms with van der Waals surface area (Å²) in [5, 5.41) is 15.0. The first kappa shape index (κ1) is 16.0. The summed E-state index contributed by atoms with van der Waals surface area (Å²) in [6.45, 7) is 1.48. The lowest BCUT2D eigenvalue weighted by Crippen LogP contribution is -2.29. The van der Waals surface area contributed by atoms with Crippen LogP contribution in [-0.2, 0) is 9.53 Å². The third-order valence-corrected chi connectivity index (χ3v) is 3.76. The topological polar surface area (TPSA) is 79.2 Å². The van der Waals surface area contributed by atoms with Crippen molar-refractivity contribution >= 4 is 40.5 Å². The fraction of sp³-hybridized carbons (Fsp3) is 0.133. The molecule has 2 rings (SSSR count). The van der Waals surface area contributed by atoms with Gasteiger partial charge >= 0.3 is 5.97 Å². The smallest absolute Gasteiger partial charge is 0.339 e. The van der Waals surface area contributed by atoms with Crippen LogP contribution in [0.3, 0.4) is 0 Å². The maximum atomic E-state index is 12.0. The SMILES string of the molecule is C[C@H](OC(=O)c1ccsc1)C(=O)Nc1ccc(C#N)c(Cl)c1. The predicted molar refractivity (Wildman–Crippen MR) is 84.0 cm³/mol. The first-order valence-electron chi connectivity index (χ1n) is 6.25. The lowest BCUT2D eigenvalue weighted by Gasteiger charge is -2.13. The molecule has 7 heteroatoms. The number of hydrogen-bond donors (Lipinski definition) is 1. The van der Waals surface area contributed by atoms with Crippen LogP contribution in [-0.4, -0.2) is 18.0 Å². The highest BCUT2D eigenvalue weighted by molar-refractivity contribution is 7.08. The molecule has 112 valence electrons. The van der Waals surface area contributed by atoms with Crippen molar-refractivity contribution in [2.24, 2.45) is 0 Å². The van der Waals surface area contributed by atoms with Crippen molar-refractivity contribution in [2.75, 3.05) is 5.32 Å². The molecule has 1 heterocycles. The molecule has 0 bridgehead atoms. The first-order valence-corrected chi connectivity index (χ1v) is 7.57. The van der Waals surface area contributed by atoms with Crippen LogP contribution >= 0.6 is 22.9 Å². The van der Waals surface area contributed by atoms with Gasteiger partial charge in [-0.15, -0.1) is 0 Å². The van der Waals surface area contributed by atoms with Crippen molar-refractivity contribution in [2.45, 2.75) is 13.0 Å². The monoisotopic (exact) mass is 334 g/mol. The molecule has 5 nitrogen and oxygen atoms in total. The number of rotatable bonds is 4. The summed E-state index contributed by atoms with van der Waals surface area (Å²) in [5.41, 5.74) is 1.15. The number of carbonyl (C=O) groups is 2. The van der Waals surface area contributed by atoms with Gasteiger partial charge in [-0.3, -0.25) is 4.79 Å². The number of thiophene rings is 1. The summed E-state index contributed by atoms with van der Waals surface area (Å²) < 4.78 is 5.07. The molecule has 1 aromatic heterocycles. The minimum Gasteiger partial charge on any atom is -0.449 e. The van der Waals surface area contributed by atoms with Gasteiger partial charge in [-0.1, -0.05) is 11.6 Å². The van der Waals surface area contributed by atoms with Crippen molar-refractivity contribution in [1.82, 2.24) is 0 Å². The molecule has 1 N–H and O–H groups in total. The average Bonchev–Trinajstić information content (AvgIpc) is 3.01. The Labute approximate surface area is 136 Å². The Bertz CT molecular complexity index is 738. The number of nitrogens with zero attached hydrogens (tertiary/aromatic N) is 1. The minimum absolute atomic E-state index is 0.239. The van der Waals surface area contributed by atoms with Gasteiger partial charge in [-0.25, -0.2) is 4.79 Å². The normalized spacial score (nSPS) is 11.3. The second-order valence-electron chi connectivity index (χ2n) is 4.36. The number of carbonyl (C=O) groups excluding carboxylic acids is 2. The van der Waals surface area contributed by atoms with E-state index in [1.54, 1.807) is 22.9 Å². The van der Waals surface area contributed by atoms with Gasteiger partial charge in [0.05, 0.1) is 16.1 Å². The number of amides is 1. The quantitative estimate of drug-likeness (QED) is 0.868.